The molecule has 0 aliphatic rings. The minimum Gasteiger partial charge on any atom is -0.352 e. The van der Waals surface area contributed by atoms with E-state index < -0.39 is 0 Å². The van der Waals surface area contributed by atoms with Gasteiger partial charge in [0.15, 0.2) is 5.96 Å². The Labute approximate surface area is 189 Å². The van der Waals surface area contributed by atoms with Gasteiger partial charge in [-0.3, -0.25) is 9.79 Å². The molecule has 3 N–H and O–H groups in total. The first kappa shape index (κ1) is 23.0. The van der Waals surface area contributed by atoms with Crippen molar-refractivity contribution >= 4 is 11.9 Å². The molecular weight excluding hydrogens is 402 g/mol. The number of hydrogen-bond donors (Lipinski definition) is 3. The lowest BCUT2D eigenvalue weighted by Crippen LogP contribution is -2.48. The van der Waals surface area contributed by atoms with Crippen molar-refractivity contribution < 1.29 is 4.79 Å². The molecule has 1 aromatic heterocycles. The second-order valence-corrected chi connectivity index (χ2v) is 8.52. The van der Waals surface area contributed by atoms with Gasteiger partial charge in [0, 0.05) is 19.1 Å². The van der Waals surface area contributed by atoms with Gasteiger partial charge < -0.3 is 16.0 Å². The molecule has 0 atom stereocenters. The van der Waals surface area contributed by atoms with Crippen LogP contribution in [-0.2, 0) is 17.9 Å². The number of aliphatic imine (C=N–C) groups is 1. The van der Waals surface area contributed by atoms with Crippen LogP contribution in [0.5, 0.6) is 0 Å². The van der Waals surface area contributed by atoms with Gasteiger partial charge in [0.25, 0.3) is 0 Å². The number of carbonyl (C=O) groups is 1. The fourth-order valence-corrected chi connectivity index (χ4v) is 3.27. The van der Waals surface area contributed by atoms with Gasteiger partial charge in [0.05, 0.1) is 13.1 Å². The number of nitrogens with one attached hydrogen (secondary N) is 3. The van der Waals surface area contributed by atoms with Crippen LogP contribution < -0.4 is 16.0 Å². The largest absolute Gasteiger partial charge is 0.352 e. The number of amides is 1. The van der Waals surface area contributed by atoms with Gasteiger partial charge in [-0.25, -0.2) is 9.67 Å². The normalized spacial score (nSPS) is 11.8. The monoisotopic (exact) mass is 433 g/mol. The maximum Gasteiger partial charge on any atom is 0.239 e. The molecule has 2 aromatic carbocycles. The fourth-order valence-electron chi connectivity index (χ4n) is 3.27. The van der Waals surface area contributed by atoms with E-state index in [9.17, 15) is 4.79 Å². The molecule has 0 saturated heterocycles. The van der Waals surface area contributed by atoms with E-state index in [2.05, 4.69) is 67.4 Å². The quantitative estimate of drug-likeness (QED) is 0.393. The number of aromatic nitrogens is 3. The maximum absolute atomic E-state index is 12.1. The Morgan fingerprint density at radius 3 is 2.47 bits per heavy atom. The Morgan fingerprint density at radius 2 is 1.81 bits per heavy atom. The Hall–Kier alpha value is -3.68. The molecule has 0 aliphatic heterocycles. The lowest BCUT2D eigenvalue weighted by molar-refractivity contribution is -0.121. The molecule has 0 fully saturated rings. The van der Waals surface area contributed by atoms with Crippen molar-refractivity contribution in [3.8, 4) is 11.1 Å². The summed E-state index contributed by atoms with van der Waals surface area (Å²) in [5.74, 6) is 0.499. The molecule has 8 nitrogen and oxygen atoms in total. The topological polar surface area (TPSA) is 96.2 Å². The molecule has 3 rings (SSSR count). The number of nitrogens with zero attached hydrogens (tertiary/aromatic N) is 4. The van der Waals surface area contributed by atoms with Gasteiger partial charge in [-0.1, -0.05) is 48.5 Å². The van der Waals surface area contributed by atoms with Crippen LogP contribution in [0.4, 0.5) is 0 Å². The maximum atomic E-state index is 12.1. The smallest absolute Gasteiger partial charge is 0.239 e. The van der Waals surface area contributed by atoms with Crippen molar-refractivity contribution in [2.24, 2.45) is 4.99 Å². The van der Waals surface area contributed by atoms with Crippen molar-refractivity contribution in [1.29, 1.82) is 0 Å². The minimum absolute atomic E-state index is 0.0770. The predicted molar refractivity (Wildman–Crippen MR) is 127 cm³/mol. The number of guanidine groups is 1. The summed E-state index contributed by atoms with van der Waals surface area (Å²) >= 11 is 0. The van der Waals surface area contributed by atoms with Crippen LogP contribution in [0.25, 0.3) is 11.1 Å². The summed E-state index contributed by atoms with van der Waals surface area (Å²) in [6.07, 6.45) is 3.25. The highest BCUT2D eigenvalue weighted by Gasteiger charge is 2.14. The van der Waals surface area contributed by atoms with E-state index in [-0.39, 0.29) is 18.0 Å². The van der Waals surface area contributed by atoms with Crippen LogP contribution in [0.2, 0.25) is 0 Å². The molecule has 0 radical (unpaired) electrons. The summed E-state index contributed by atoms with van der Waals surface area (Å²) in [5.41, 5.74) is 4.32. The van der Waals surface area contributed by atoms with E-state index in [1.807, 2.05) is 32.9 Å². The third-order valence-corrected chi connectivity index (χ3v) is 4.69. The highest BCUT2D eigenvalue weighted by molar-refractivity contribution is 5.86. The van der Waals surface area contributed by atoms with Gasteiger partial charge in [0.2, 0.25) is 5.91 Å². The second kappa shape index (κ2) is 10.6. The van der Waals surface area contributed by atoms with Crippen molar-refractivity contribution in [2.75, 3.05) is 13.6 Å². The third-order valence-electron chi connectivity index (χ3n) is 4.69. The SMILES string of the molecule is CN=C(NCC(=O)NC(C)(C)C)NCc1ccccc1-c1ccc(Cn2cncn2)cc1. The number of benzene rings is 2. The van der Waals surface area contributed by atoms with Crippen molar-refractivity contribution in [1.82, 2.24) is 30.7 Å². The Bertz CT molecular complexity index is 1030. The fraction of sp³-hybridized carbons (Fsp3) is 0.333. The Balaban J connectivity index is 1.61. The van der Waals surface area contributed by atoms with Gasteiger partial charge in [-0.15, -0.1) is 0 Å². The molecule has 8 heteroatoms. The van der Waals surface area contributed by atoms with Crippen LogP contribution in [-0.4, -0.2) is 45.8 Å². The first-order valence-corrected chi connectivity index (χ1v) is 10.6. The molecule has 168 valence electrons. The van der Waals surface area contributed by atoms with Crippen LogP contribution in [0, 0.1) is 0 Å². The highest BCUT2D eigenvalue weighted by Crippen LogP contribution is 2.24. The molecular formula is C24H31N7O. The van der Waals surface area contributed by atoms with E-state index in [0.29, 0.717) is 19.0 Å². The van der Waals surface area contributed by atoms with Crippen molar-refractivity contribution in [3.05, 3.63) is 72.3 Å². The number of rotatable bonds is 7. The van der Waals surface area contributed by atoms with Crippen LogP contribution >= 0.6 is 0 Å². The first-order valence-electron chi connectivity index (χ1n) is 10.6. The van der Waals surface area contributed by atoms with Crippen LogP contribution in [0.3, 0.4) is 0 Å². The molecule has 0 bridgehead atoms. The van der Waals surface area contributed by atoms with Gasteiger partial charge in [-0.2, -0.15) is 5.10 Å². The molecule has 0 aliphatic carbocycles. The molecule has 1 heterocycles. The van der Waals surface area contributed by atoms with Crippen LogP contribution in [0.15, 0.2) is 66.2 Å². The van der Waals surface area contributed by atoms with Crippen LogP contribution in [0.1, 0.15) is 31.9 Å². The molecule has 0 saturated carbocycles. The Kier molecular flexibility index (Phi) is 7.59. The molecule has 1 amide bonds. The van der Waals surface area contributed by atoms with Gasteiger partial charge in [-0.05, 0) is 43.0 Å². The molecule has 3 aromatic rings. The standard InChI is InChI=1S/C24H31N7O/c1-24(2,3)30-22(32)14-28-23(25-4)27-13-20-7-5-6-8-21(20)19-11-9-18(10-12-19)15-31-17-26-16-29-31/h5-12,16-17H,13-15H2,1-4H3,(H,30,32)(H2,25,27,28). The third kappa shape index (κ3) is 6.94. The highest BCUT2D eigenvalue weighted by atomic mass is 16.2. The zero-order valence-corrected chi connectivity index (χ0v) is 19.1. The average Bonchev–Trinajstić information content (AvgIpc) is 3.26. The summed E-state index contributed by atoms with van der Waals surface area (Å²) in [4.78, 5) is 20.3. The number of carbonyl (C=O) groups excluding carboxylic acids is 1. The number of hydrogen-bond acceptors (Lipinski definition) is 4. The second-order valence-electron chi connectivity index (χ2n) is 8.52. The van der Waals surface area contributed by atoms with Crippen molar-refractivity contribution in [3.63, 3.8) is 0 Å². The van der Waals surface area contributed by atoms with Gasteiger partial charge >= 0.3 is 0 Å². The molecule has 32 heavy (non-hydrogen) atoms. The lowest BCUT2D eigenvalue weighted by Gasteiger charge is -2.21. The first-order chi connectivity index (χ1) is 15.3. The van der Waals surface area contributed by atoms with E-state index in [1.54, 1.807) is 18.1 Å². The van der Waals surface area contributed by atoms with E-state index in [0.717, 1.165) is 22.3 Å². The lowest BCUT2D eigenvalue weighted by atomic mass is 9.98. The summed E-state index contributed by atoms with van der Waals surface area (Å²) in [6.45, 7) is 7.29. The van der Waals surface area contributed by atoms with Gasteiger partial charge in [0.1, 0.15) is 12.7 Å². The zero-order valence-electron chi connectivity index (χ0n) is 19.1. The summed E-state index contributed by atoms with van der Waals surface area (Å²) in [5, 5.41) is 13.4. The van der Waals surface area contributed by atoms with E-state index in [4.69, 9.17) is 0 Å². The average molecular weight is 434 g/mol. The summed E-state index contributed by atoms with van der Waals surface area (Å²) in [7, 11) is 1.69. The Morgan fingerprint density at radius 1 is 1.06 bits per heavy atom. The van der Waals surface area contributed by atoms with E-state index >= 15 is 0 Å². The molecule has 0 unspecified atom stereocenters. The summed E-state index contributed by atoms with van der Waals surface area (Å²) in [6, 6.07) is 16.7. The summed E-state index contributed by atoms with van der Waals surface area (Å²) < 4.78 is 1.80. The molecule has 0 spiro atoms. The van der Waals surface area contributed by atoms with E-state index in [1.165, 1.54) is 6.33 Å². The zero-order chi connectivity index (χ0) is 23.0. The predicted octanol–water partition coefficient (Wildman–Crippen LogP) is 2.57. The minimum atomic E-state index is -0.264. The van der Waals surface area contributed by atoms with Crippen molar-refractivity contribution in [2.45, 2.75) is 39.4 Å².